The fourth-order valence-electron chi connectivity index (χ4n) is 2.19. The smallest absolute Gasteiger partial charge is 0.390 e. The normalized spacial score (nSPS) is 11.0. The first-order valence-corrected chi connectivity index (χ1v) is 10.8. The molecule has 0 spiro atoms. The van der Waals surface area contributed by atoms with Crippen LogP contribution in [0.5, 0.6) is 0 Å². The van der Waals surface area contributed by atoms with E-state index in [9.17, 15) is 18.0 Å². The number of halogens is 3. The summed E-state index contributed by atoms with van der Waals surface area (Å²) in [6, 6.07) is 5.75. The molecule has 1 aromatic carbocycles. The molecule has 0 aliphatic rings. The molecule has 0 saturated carbocycles. The molecule has 2 N–H and O–H groups in total. The van der Waals surface area contributed by atoms with E-state index in [-0.39, 0.29) is 29.7 Å². The van der Waals surface area contributed by atoms with E-state index in [1.165, 1.54) is 24.3 Å². The van der Waals surface area contributed by atoms with E-state index in [4.69, 9.17) is 5.11 Å². The lowest BCUT2D eigenvalue weighted by molar-refractivity contribution is -0.107. The fraction of sp³-hybridized carbons (Fsp3) is 0.278. The molecule has 3 aromatic rings. The Morgan fingerprint density at radius 2 is 1.93 bits per heavy atom. The number of rotatable bonds is 6. The molecule has 0 fully saturated rings. The monoisotopic (exact) mass is 461 g/mol. The third-order valence-corrected chi connectivity index (χ3v) is 6.02. The molecule has 156 valence electrons. The van der Waals surface area contributed by atoms with E-state index in [1.807, 2.05) is 19.4 Å². The number of alkyl halides is 3. The van der Waals surface area contributed by atoms with E-state index in [0.717, 1.165) is 20.7 Å². The van der Waals surface area contributed by atoms with Crippen LogP contribution in [-0.4, -0.2) is 33.9 Å². The highest BCUT2D eigenvalue weighted by atomic mass is 32.2. The van der Waals surface area contributed by atoms with Gasteiger partial charge in [0.15, 0.2) is 5.13 Å². The van der Waals surface area contributed by atoms with Gasteiger partial charge in [-0.25, -0.2) is 9.97 Å². The average molecular weight is 462 g/mol. The second-order valence-corrected chi connectivity index (χ2v) is 8.72. The first kappa shape index (κ1) is 23.3. The van der Waals surface area contributed by atoms with Crippen LogP contribution in [0, 0.1) is 6.92 Å². The number of aliphatic hydroxyl groups is 1. The van der Waals surface area contributed by atoms with Crippen molar-refractivity contribution >= 4 is 45.9 Å². The van der Waals surface area contributed by atoms with E-state index in [2.05, 4.69) is 15.3 Å². The van der Waals surface area contributed by atoms with Gasteiger partial charge in [-0.15, -0.1) is 22.7 Å². The van der Waals surface area contributed by atoms with E-state index in [1.54, 1.807) is 22.7 Å². The van der Waals surface area contributed by atoms with Crippen molar-refractivity contribution in [1.82, 2.24) is 9.97 Å². The van der Waals surface area contributed by atoms with Crippen LogP contribution in [0.1, 0.15) is 16.3 Å². The van der Waals surface area contributed by atoms with Gasteiger partial charge in [0.2, 0.25) is 0 Å². The number of nitrogens with one attached hydrogen (secondary N) is 1. The van der Waals surface area contributed by atoms with Gasteiger partial charge in [0.1, 0.15) is 6.29 Å². The van der Waals surface area contributed by atoms with Crippen molar-refractivity contribution in [3.05, 3.63) is 45.9 Å². The first-order chi connectivity index (χ1) is 13.8. The number of thioether (sulfide) groups is 1. The Hall–Kier alpha value is -1.95. The number of carbonyl (C=O) groups excluding carboxylic acids is 1. The molecule has 29 heavy (non-hydrogen) atoms. The highest BCUT2D eigenvalue weighted by Gasteiger charge is 2.28. The van der Waals surface area contributed by atoms with Crippen LogP contribution in [-0.2, 0) is 17.8 Å². The van der Waals surface area contributed by atoms with Crippen LogP contribution in [0.15, 0.2) is 34.5 Å². The zero-order valence-electron chi connectivity index (χ0n) is 15.5. The molecule has 0 radical (unpaired) electrons. The number of anilines is 1. The van der Waals surface area contributed by atoms with E-state index in [0.29, 0.717) is 17.5 Å². The van der Waals surface area contributed by atoms with Crippen LogP contribution in [0.4, 0.5) is 18.3 Å². The minimum absolute atomic E-state index is 0.0356. The maximum absolute atomic E-state index is 11.9. The van der Waals surface area contributed by atoms with E-state index < -0.39 is 5.51 Å². The number of thiazole rings is 2. The van der Waals surface area contributed by atoms with Gasteiger partial charge in [-0.3, -0.25) is 0 Å². The molecule has 2 aromatic heterocycles. The number of hydrogen-bond donors (Lipinski definition) is 2. The molecule has 0 atom stereocenters. The van der Waals surface area contributed by atoms with Gasteiger partial charge in [-0.05, 0) is 36.4 Å². The zero-order chi connectivity index (χ0) is 21.4. The van der Waals surface area contributed by atoms with Crippen molar-refractivity contribution in [3.8, 4) is 10.6 Å². The molecular weight excluding hydrogens is 443 g/mol. The number of nitrogens with zero attached hydrogens (tertiary/aromatic N) is 2. The van der Waals surface area contributed by atoms with Gasteiger partial charge in [0, 0.05) is 23.7 Å². The summed E-state index contributed by atoms with van der Waals surface area (Å²) in [4.78, 5) is 19.8. The lowest BCUT2D eigenvalue weighted by Crippen LogP contribution is -1.98. The second kappa shape index (κ2) is 10.7. The highest BCUT2D eigenvalue weighted by Crippen LogP contribution is 2.36. The minimum Gasteiger partial charge on any atom is -0.390 e. The molecule has 0 aliphatic heterocycles. The lowest BCUT2D eigenvalue weighted by Gasteiger charge is -2.05. The van der Waals surface area contributed by atoms with Crippen molar-refractivity contribution < 1.29 is 23.1 Å². The summed E-state index contributed by atoms with van der Waals surface area (Å²) in [6.45, 7) is 1.89. The third kappa shape index (κ3) is 7.42. The van der Waals surface area contributed by atoms with Gasteiger partial charge in [-0.2, -0.15) is 13.2 Å². The highest BCUT2D eigenvalue weighted by molar-refractivity contribution is 8.00. The molecule has 2 heterocycles. The summed E-state index contributed by atoms with van der Waals surface area (Å²) in [5.41, 5.74) is -1.94. The summed E-state index contributed by atoms with van der Waals surface area (Å²) in [5.74, 6) is 0. The Balaban J connectivity index is 0.000000208. The van der Waals surface area contributed by atoms with Gasteiger partial charge < -0.3 is 15.2 Å². The minimum atomic E-state index is -4.26. The molecule has 3 rings (SSSR count). The van der Waals surface area contributed by atoms with Gasteiger partial charge in [0.25, 0.3) is 0 Å². The summed E-state index contributed by atoms with van der Waals surface area (Å²) in [6.07, 6.45) is 0.947. The molecule has 0 saturated heterocycles. The van der Waals surface area contributed by atoms with Crippen LogP contribution < -0.4 is 5.32 Å². The predicted octanol–water partition coefficient (Wildman–Crippen LogP) is 5.15. The van der Waals surface area contributed by atoms with Gasteiger partial charge >= 0.3 is 5.51 Å². The van der Waals surface area contributed by atoms with E-state index >= 15 is 0 Å². The number of aldehydes is 1. The fourth-order valence-corrected chi connectivity index (χ4v) is 4.36. The van der Waals surface area contributed by atoms with Crippen molar-refractivity contribution in [2.45, 2.75) is 30.4 Å². The van der Waals surface area contributed by atoms with Crippen molar-refractivity contribution in [2.75, 3.05) is 12.4 Å². The summed E-state index contributed by atoms with van der Waals surface area (Å²) in [7, 11) is 1.84. The van der Waals surface area contributed by atoms with Crippen molar-refractivity contribution in [2.24, 2.45) is 0 Å². The van der Waals surface area contributed by atoms with Crippen molar-refractivity contribution in [3.63, 3.8) is 0 Å². The Bertz CT molecular complexity index is 925. The quantitative estimate of drug-likeness (QED) is 0.391. The molecule has 0 bridgehead atoms. The SMILES string of the molecule is CNc1nc(-c2sc(C)nc2CO)cs1.O=CCc1ccc(SC(F)(F)F)cc1. The zero-order valence-corrected chi connectivity index (χ0v) is 17.9. The lowest BCUT2D eigenvalue weighted by atomic mass is 10.2. The summed E-state index contributed by atoms with van der Waals surface area (Å²) < 4.78 is 35.7. The molecule has 5 nitrogen and oxygen atoms in total. The molecule has 0 amide bonds. The van der Waals surface area contributed by atoms with Crippen LogP contribution in [0.25, 0.3) is 10.6 Å². The standard InChI is InChI=1S/C9H7F3OS.C9H11N3OS2/c10-9(11,12)14-8-3-1-7(2-4-8)5-6-13;1-5-11-6(3-13)8(15-5)7-4-14-9(10-2)12-7/h1-4,6H,5H2;4,13H,3H2,1-2H3,(H,10,12). The third-order valence-electron chi connectivity index (χ3n) is 3.38. The maximum atomic E-state index is 11.9. The summed E-state index contributed by atoms with van der Waals surface area (Å²) in [5, 5.41) is 15.9. The number of carbonyl (C=O) groups is 1. The van der Waals surface area contributed by atoms with Gasteiger partial charge in [-0.1, -0.05) is 12.1 Å². The topological polar surface area (TPSA) is 75.1 Å². The van der Waals surface area contributed by atoms with Crippen LogP contribution in [0.2, 0.25) is 0 Å². The van der Waals surface area contributed by atoms with Crippen molar-refractivity contribution in [1.29, 1.82) is 0 Å². The number of hydrogen-bond acceptors (Lipinski definition) is 8. The number of aliphatic hydroxyl groups excluding tert-OH is 1. The second-order valence-electron chi connectivity index (χ2n) is 5.52. The maximum Gasteiger partial charge on any atom is 0.446 e. The molecule has 11 heteroatoms. The molecule has 0 aliphatic carbocycles. The number of benzene rings is 1. The van der Waals surface area contributed by atoms with Gasteiger partial charge in [0.05, 0.1) is 27.9 Å². The Morgan fingerprint density at radius 3 is 2.45 bits per heavy atom. The van der Waals surface area contributed by atoms with Crippen LogP contribution in [0.3, 0.4) is 0 Å². The number of aromatic nitrogens is 2. The molecule has 0 unspecified atom stereocenters. The Labute approximate surface area is 178 Å². The van der Waals surface area contributed by atoms with Crippen LogP contribution >= 0.6 is 34.4 Å². The Kier molecular flexibility index (Phi) is 8.62. The Morgan fingerprint density at radius 1 is 1.24 bits per heavy atom. The first-order valence-electron chi connectivity index (χ1n) is 8.25. The predicted molar refractivity (Wildman–Crippen MR) is 112 cm³/mol. The average Bonchev–Trinajstić information content (AvgIpc) is 3.29. The summed E-state index contributed by atoms with van der Waals surface area (Å²) >= 11 is 2.95. The molecular formula is C18H18F3N3O2S3. The largest absolute Gasteiger partial charge is 0.446 e. The number of aryl methyl sites for hydroxylation is 1.